The lowest BCUT2D eigenvalue weighted by Gasteiger charge is -2.22. The van der Waals surface area contributed by atoms with Crippen molar-refractivity contribution in [1.82, 2.24) is 14.5 Å². The zero-order valence-electron chi connectivity index (χ0n) is 13.3. The molecular formula is C15H22N4O4S. The highest BCUT2D eigenvalue weighted by molar-refractivity contribution is 7.89. The van der Waals surface area contributed by atoms with Crippen LogP contribution < -0.4 is 11.1 Å². The number of carbonyl (C=O) groups excluding carboxylic acids is 2. The molecule has 1 aromatic carbocycles. The lowest BCUT2D eigenvalue weighted by atomic mass is 10.4. The van der Waals surface area contributed by atoms with Gasteiger partial charge in [-0.3, -0.25) is 9.59 Å². The van der Waals surface area contributed by atoms with E-state index in [4.69, 9.17) is 5.73 Å². The van der Waals surface area contributed by atoms with E-state index in [9.17, 15) is 18.0 Å². The van der Waals surface area contributed by atoms with Crippen molar-refractivity contribution in [2.24, 2.45) is 5.73 Å². The van der Waals surface area contributed by atoms with Crippen LogP contribution in [0.15, 0.2) is 35.2 Å². The van der Waals surface area contributed by atoms with E-state index in [0.29, 0.717) is 26.1 Å². The Labute approximate surface area is 141 Å². The van der Waals surface area contributed by atoms with Gasteiger partial charge in [0.1, 0.15) is 0 Å². The fourth-order valence-electron chi connectivity index (χ4n) is 2.48. The molecule has 2 rings (SSSR count). The Morgan fingerprint density at radius 2 is 1.79 bits per heavy atom. The Hall–Kier alpha value is -1.97. The first-order valence-electron chi connectivity index (χ1n) is 7.75. The summed E-state index contributed by atoms with van der Waals surface area (Å²) in [6, 6.07) is 8.25. The first-order chi connectivity index (χ1) is 11.4. The second-order valence-electron chi connectivity index (χ2n) is 5.43. The Morgan fingerprint density at radius 3 is 2.46 bits per heavy atom. The van der Waals surface area contributed by atoms with Crippen molar-refractivity contribution >= 4 is 21.8 Å². The number of sulfonamides is 1. The van der Waals surface area contributed by atoms with Gasteiger partial charge in [0, 0.05) is 26.2 Å². The molecule has 132 valence electrons. The maximum atomic E-state index is 12.6. The molecule has 9 heteroatoms. The van der Waals surface area contributed by atoms with E-state index in [2.05, 4.69) is 5.32 Å². The lowest BCUT2D eigenvalue weighted by Crippen LogP contribution is -2.43. The molecule has 0 unspecified atom stereocenters. The number of hydrogen-bond acceptors (Lipinski definition) is 5. The summed E-state index contributed by atoms with van der Waals surface area (Å²) in [5.41, 5.74) is 5.17. The minimum atomic E-state index is -3.56. The molecule has 2 amide bonds. The lowest BCUT2D eigenvalue weighted by molar-refractivity contribution is -0.132. The van der Waals surface area contributed by atoms with Gasteiger partial charge in [-0.05, 0) is 18.6 Å². The Kier molecular flexibility index (Phi) is 6.29. The molecule has 24 heavy (non-hydrogen) atoms. The van der Waals surface area contributed by atoms with E-state index in [1.54, 1.807) is 35.2 Å². The Bertz CT molecular complexity index is 678. The van der Waals surface area contributed by atoms with Crippen molar-refractivity contribution in [2.75, 3.05) is 39.3 Å². The predicted molar refractivity (Wildman–Crippen MR) is 88.5 cm³/mol. The minimum Gasteiger partial charge on any atom is -0.346 e. The quantitative estimate of drug-likeness (QED) is 0.703. The molecule has 0 saturated carbocycles. The van der Waals surface area contributed by atoms with Gasteiger partial charge in [0.15, 0.2) is 0 Å². The van der Waals surface area contributed by atoms with Crippen molar-refractivity contribution in [3.8, 4) is 0 Å². The van der Waals surface area contributed by atoms with Crippen LogP contribution in [0.4, 0.5) is 0 Å². The molecule has 1 aromatic rings. The standard InChI is InChI=1S/C15H22N4O4S/c16-11-14(20)17-12-15(21)18-7-4-8-19(10-9-18)24(22,23)13-5-2-1-3-6-13/h1-3,5-6H,4,7-12,16H2,(H,17,20). The van der Waals surface area contributed by atoms with Gasteiger partial charge in [0.2, 0.25) is 21.8 Å². The second kappa shape index (κ2) is 8.22. The van der Waals surface area contributed by atoms with Gasteiger partial charge in [-0.25, -0.2) is 8.42 Å². The van der Waals surface area contributed by atoms with Gasteiger partial charge >= 0.3 is 0 Å². The zero-order chi connectivity index (χ0) is 17.6. The number of rotatable bonds is 5. The molecule has 0 radical (unpaired) electrons. The summed E-state index contributed by atoms with van der Waals surface area (Å²) in [4.78, 5) is 25.0. The van der Waals surface area contributed by atoms with E-state index < -0.39 is 15.9 Å². The molecule has 1 aliphatic heterocycles. The van der Waals surface area contributed by atoms with Gasteiger partial charge in [0.25, 0.3) is 0 Å². The topological polar surface area (TPSA) is 113 Å². The van der Waals surface area contributed by atoms with Gasteiger partial charge in [-0.1, -0.05) is 18.2 Å². The average Bonchev–Trinajstić information content (AvgIpc) is 2.86. The number of nitrogens with zero attached hydrogens (tertiary/aromatic N) is 2. The van der Waals surface area contributed by atoms with Crippen LogP contribution in [0.1, 0.15) is 6.42 Å². The van der Waals surface area contributed by atoms with E-state index in [0.717, 1.165) is 0 Å². The van der Waals surface area contributed by atoms with E-state index >= 15 is 0 Å². The average molecular weight is 354 g/mol. The highest BCUT2D eigenvalue weighted by Gasteiger charge is 2.28. The number of carbonyl (C=O) groups is 2. The summed E-state index contributed by atoms with van der Waals surface area (Å²) in [7, 11) is -3.56. The van der Waals surface area contributed by atoms with Crippen LogP contribution in [-0.2, 0) is 19.6 Å². The molecule has 1 saturated heterocycles. The number of nitrogens with one attached hydrogen (secondary N) is 1. The zero-order valence-corrected chi connectivity index (χ0v) is 14.2. The maximum Gasteiger partial charge on any atom is 0.243 e. The fourth-order valence-corrected chi connectivity index (χ4v) is 3.97. The number of amides is 2. The minimum absolute atomic E-state index is 0.124. The smallest absolute Gasteiger partial charge is 0.243 e. The van der Waals surface area contributed by atoms with Crippen molar-refractivity contribution in [3.05, 3.63) is 30.3 Å². The van der Waals surface area contributed by atoms with Crippen LogP contribution >= 0.6 is 0 Å². The third-order valence-corrected chi connectivity index (χ3v) is 5.72. The summed E-state index contributed by atoms with van der Waals surface area (Å²) >= 11 is 0. The van der Waals surface area contributed by atoms with Crippen molar-refractivity contribution < 1.29 is 18.0 Å². The summed E-state index contributed by atoms with van der Waals surface area (Å²) in [5, 5.41) is 2.43. The molecule has 0 aromatic heterocycles. The first-order valence-corrected chi connectivity index (χ1v) is 9.19. The number of hydrogen-bond donors (Lipinski definition) is 2. The van der Waals surface area contributed by atoms with Gasteiger partial charge in [0.05, 0.1) is 18.0 Å². The normalized spacial score (nSPS) is 16.5. The number of nitrogens with two attached hydrogens (primary N) is 1. The summed E-state index contributed by atoms with van der Waals surface area (Å²) in [5.74, 6) is -0.637. The van der Waals surface area contributed by atoms with Crippen LogP contribution in [0.25, 0.3) is 0 Å². The number of benzene rings is 1. The fraction of sp³-hybridized carbons (Fsp3) is 0.467. The largest absolute Gasteiger partial charge is 0.346 e. The summed E-state index contributed by atoms with van der Waals surface area (Å²) in [6.07, 6.45) is 0.544. The van der Waals surface area contributed by atoms with E-state index in [1.807, 2.05) is 0 Å². The van der Waals surface area contributed by atoms with Crippen LogP contribution in [0, 0.1) is 0 Å². The maximum absolute atomic E-state index is 12.6. The molecule has 0 bridgehead atoms. The molecule has 3 N–H and O–H groups in total. The monoisotopic (exact) mass is 354 g/mol. The molecule has 0 atom stereocenters. The Morgan fingerprint density at radius 1 is 1.08 bits per heavy atom. The summed E-state index contributed by atoms with van der Waals surface area (Å²) < 4.78 is 26.6. The summed E-state index contributed by atoms with van der Waals surface area (Å²) in [6.45, 7) is 1.04. The van der Waals surface area contributed by atoms with Gasteiger partial charge < -0.3 is 16.0 Å². The van der Waals surface area contributed by atoms with Crippen LogP contribution in [0.2, 0.25) is 0 Å². The van der Waals surface area contributed by atoms with Crippen molar-refractivity contribution in [2.45, 2.75) is 11.3 Å². The van der Waals surface area contributed by atoms with Crippen molar-refractivity contribution in [3.63, 3.8) is 0 Å². The highest BCUT2D eigenvalue weighted by atomic mass is 32.2. The molecule has 0 aliphatic carbocycles. The van der Waals surface area contributed by atoms with E-state index in [1.165, 1.54) is 4.31 Å². The third kappa shape index (κ3) is 4.53. The molecule has 0 spiro atoms. The van der Waals surface area contributed by atoms with Gasteiger partial charge in [-0.15, -0.1) is 0 Å². The van der Waals surface area contributed by atoms with E-state index in [-0.39, 0.29) is 30.4 Å². The predicted octanol–water partition coefficient (Wildman–Crippen LogP) is -1.02. The molecule has 1 heterocycles. The van der Waals surface area contributed by atoms with Gasteiger partial charge in [-0.2, -0.15) is 4.31 Å². The van der Waals surface area contributed by atoms with Crippen molar-refractivity contribution in [1.29, 1.82) is 0 Å². The molecule has 1 fully saturated rings. The SMILES string of the molecule is NCC(=O)NCC(=O)N1CCCN(S(=O)(=O)c2ccccc2)CC1. The molecule has 1 aliphatic rings. The second-order valence-corrected chi connectivity index (χ2v) is 7.37. The molecular weight excluding hydrogens is 332 g/mol. The molecule has 8 nitrogen and oxygen atoms in total. The van der Waals surface area contributed by atoms with Crippen LogP contribution in [0.3, 0.4) is 0 Å². The van der Waals surface area contributed by atoms with Crippen LogP contribution in [-0.4, -0.2) is 68.7 Å². The van der Waals surface area contributed by atoms with Crippen LogP contribution in [0.5, 0.6) is 0 Å². The Balaban J connectivity index is 1.97. The third-order valence-electron chi connectivity index (χ3n) is 3.81. The highest BCUT2D eigenvalue weighted by Crippen LogP contribution is 2.17. The first kappa shape index (κ1) is 18.4.